The van der Waals surface area contributed by atoms with Crippen molar-refractivity contribution >= 4 is 16.7 Å². The average Bonchev–Trinajstić information content (AvgIpc) is 3.12. The first-order valence-electron chi connectivity index (χ1n) is 8.44. The Labute approximate surface area is 144 Å². The lowest BCUT2D eigenvalue weighted by atomic mass is 10.1. The molecule has 0 bridgehead atoms. The molecule has 1 aromatic heterocycles. The predicted molar refractivity (Wildman–Crippen MR) is 92.7 cm³/mol. The SMILES string of the molecule is CC(C)(O)CCn1c(=O)n(CC2CCOC2)c2ccc([N+](=O)[O-])cc21. The van der Waals surface area contributed by atoms with Gasteiger partial charge in [-0.3, -0.25) is 19.2 Å². The summed E-state index contributed by atoms with van der Waals surface area (Å²) in [6.07, 6.45) is 1.27. The Bertz CT molecular complexity index is 840. The number of aliphatic hydroxyl groups is 1. The quantitative estimate of drug-likeness (QED) is 0.634. The number of nitro benzene ring substituents is 1. The van der Waals surface area contributed by atoms with Crippen molar-refractivity contribution in [2.24, 2.45) is 5.92 Å². The van der Waals surface area contributed by atoms with Crippen LogP contribution in [-0.4, -0.2) is 38.0 Å². The number of fused-ring (bicyclic) bond motifs is 1. The van der Waals surface area contributed by atoms with Crippen molar-refractivity contribution in [1.82, 2.24) is 9.13 Å². The minimum Gasteiger partial charge on any atom is -0.390 e. The zero-order valence-corrected chi connectivity index (χ0v) is 14.5. The maximum absolute atomic E-state index is 12.9. The van der Waals surface area contributed by atoms with Gasteiger partial charge in [0, 0.05) is 37.7 Å². The fourth-order valence-corrected chi connectivity index (χ4v) is 3.19. The third kappa shape index (κ3) is 3.74. The molecule has 0 saturated carbocycles. The van der Waals surface area contributed by atoms with E-state index < -0.39 is 10.5 Å². The lowest BCUT2D eigenvalue weighted by Gasteiger charge is -2.16. The van der Waals surface area contributed by atoms with Crippen LogP contribution in [0.3, 0.4) is 0 Å². The van der Waals surface area contributed by atoms with E-state index in [1.165, 1.54) is 16.7 Å². The van der Waals surface area contributed by atoms with Gasteiger partial charge in [0.1, 0.15) is 0 Å². The van der Waals surface area contributed by atoms with Gasteiger partial charge in [0.15, 0.2) is 0 Å². The molecule has 0 aliphatic carbocycles. The highest BCUT2D eigenvalue weighted by Crippen LogP contribution is 2.23. The summed E-state index contributed by atoms with van der Waals surface area (Å²) in [5, 5.41) is 21.1. The van der Waals surface area contributed by atoms with Gasteiger partial charge in [0.25, 0.3) is 5.69 Å². The van der Waals surface area contributed by atoms with Gasteiger partial charge in [0.05, 0.1) is 28.2 Å². The van der Waals surface area contributed by atoms with Crippen molar-refractivity contribution in [3.05, 3.63) is 38.8 Å². The largest absolute Gasteiger partial charge is 0.390 e. The molecular formula is C17H23N3O5. The molecule has 1 aromatic carbocycles. The number of benzene rings is 1. The van der Waals surface area contributed by atoms with Crippen LogP contribution in [0, 0.1) is 16.0 Å². The Morgan fingerprint density at radius 2 is 2.12 bits per heavy atom. The van der Waals surface area contributed by atoms with Gasteiger partial charge in [-0.1, -0.05) is 0 Å². The number of aromatic nitrogens is 2. The third-order valence-electron chi connectivity index (χ3n) is 4.63. The Morgan fingerprint density at radius 1 is 1.36 bits per heavy atom. The molecule has 1 atom stereocenters. The highest BCUT2D eigenvalue weighted by atomic mass is 16.6. The molecule has 1 N–H and O–H groups in total. The molecule has 1 unspecified atom stereocenters. The molecule has 1 aliphatic heterocycles. The summed E-state index contributed by atoms with van der Waals surface area (Å²) in [7, 11) is 0. The Kier molecular flexibility index (Phi) is 4.66. The number of imidazole rings is 1. The average molecular weight is 349 g/mol. The molecule has 2 heterocycles. The third-order valence-corrected chi connectivity index (χ3v) is 4.63. The van der Waals surface area contributed by atoms with Gasteiger partial charge < -0.3 is 9.84 Å². The van der Waals surface area contributed by atoms with Crippen LogP contribution >= 0.6 is 0 Å². The number of aryl methyl sites for hydroxylation is 1. The van der Waals surface area contributed by atoms with E-state index in [0.29, 0.717) is 43.8 Å². The van der Waals surface area contributed by atoms with Gasteiger partial charge in [-0.25, -0.2) is 4.79 Å². The van der Waals surface area contributed by atoms with Gasteiger partial charge in [-0.15, -0.1) is 0 Å². The Hall–Kier alpha value is -2.19. The highest BCUT2D eigenvalue weighted by molar-refractivity contribution is 5.78. The predicted octanol–water partition coefficient (Wildman–Crippen LogP) is 1.91. The highest BCUT2D eigenvalue weighted by Gasteiger charge is 2.23. The summed E-state index contributed by atoms with van der Waals surface area (Å²) >= 11 is 0. The molecule has 8 nitrogen and oxygen atoms in total. The lowest BCUT2D eigenvalue weighted by molar-refractivity contribution is -0.384. The fraction of sp³-hybridized carbons (Fsp3) is 0.588. The Morgan fingerprint density at radius 3 is 2.72 bits per heavy atom. The first-order chi connectivity index (χ1) is 11.8. The van der Waals surface area contributed by atoms with Crippen molar-refractivity contribution in [3.8, 4) is 0 Å². The van der Waals surface area contributed by atoms with E-state index in [4.69, 9.17) is 4.74 Å². The molecule has 1 fully saturated rings. The van der Waals surface area contributed by atoms with Crippen LogP contribution in [0.1, 0.15) is 26.7 Å². The molecule has 8 heteroatoms. The molecule has 0 radical (unpaired) electrons. The first-order valence-corrected chi connectivity index (χ1v) is 8.44. The second kappa shape index (κ2) is 6.61. The van der Waals surface area contributed by atoms with Crippen LogP contribution in [0.25, 0.3) is 11.0 Å². The summed E-state index contributed by atoms with van der Waals surface area (Å²) in [6.45, 7) is 5.50. The smallest absolute Gasteiger partial charge is 0.329 e. The van der Waals surface area contributed by atoms with E-state index in [0.717, 1.165) is 6.42 Å². The summed E-state index contributed by atoms with van der Waals surface area (Å²) in [4.78, 5) is 23.5. The van der Waals surface area contributed by atoms with E-state index in [-0.39, 0.29) is 17.3 Å². The molecule has 136 valence electrons. The van der Waals surface area contributed by atoms with Crippen LogP contribution in [-0.2, 0) is 17.8 Å². The van der Waals surface area contributed by atoms with Crippen molar-refractivity contribution in [3.63, 3.8) is 0 Å². The zero-order chi connectivity index (χ0) is 18.2. The molecule has 0 spiro atoms. The second-order valence-electron chi connectivity index (χ2n) is 7.27. The Balaban J connectivity index is 2.07. The molecule has 25 heavy (non-hydrogen) atoms. The number of nitro groups is 1. The van der Waals surface area contributed by atoms with Crippen LogP contribution in [0.4, 0.5) is 5.69 Å². The standard InChI is InChI=1S/C17H23N3O5/c1-17(2,22)6-7-18-15-9-13(20(23)24)3-4-14(15)19(16(18)21)10-12-5-8-25-11-12/h3-4,9,12,22H,5-8,10-11H2,1-2H3. The zero-order valence-electron chi connectivity index (χ0n) is 14.5. The van der Waals surface area contributed by atoms with Crippen LogP contribution in [0.5, 0.6) is 0 Å². The normalized spacial score (nSPS) is 18.1. The van der Waals surface area contributed by atoms with E-state index in [1.807, 2.05) is 0 Å². The first kappa shape index (κ1) is 17.6. The van der Waals surface area contributed by atoms with Crippen LogP contribution in [0.15, 0.2) is 23.0 Å². The van der Waals surface area contributed by atoms with E-state index in [2.05, 4.69) is 0 Å². The number of nitrogens with zero attached hydrogens (tertiary/aromatic N) is 3. The van der Waals surface area contributed by atoms with Gasteiger partial charge >= 0.3 is 5.69 Å². The van der Waals surface area contributed by atoms with Gasteiger partial charge in [0.2, 0.25) is 0 Å². The lowest BCUT2D eigenvalue weighted by Crippen LogP contribution is -2.29. The number of hydrogen-bond acceptors (Lipinski definition) is 5. The van der Waals surface area contributed by atoms with E-state index in [9.17, 15) is 20.0 Å². The summed E-state index contributed by atoms with van der Waals surface area (Å²) in [5.74, 6) is 0.265. The molecule has 3 rings (SSSR count). The summed E-state index contributed by atoms with van der Waals surface area (Å²) in [6, 6.07) is 4.48. The maximum atomic E-state index is 12.9. The van der Waals surface area contributed by atoms with Crippen molar-refractivity contribution in [1.29, 1.82) is 0 Å². The minimum absolute atomic E-state index is 0.0501. The number of ether oxygens (including phenoxy) is 1. The van der Waals surface area contributed by atoms with E-state index in [1.54, 1.807) is 24.5 Å². The molecule has 2 aromatic rings. The van der Waals surface area contributed by atoms with Crippen molar-refractivity contribution in [2.75, 3.05) is 13.2 Å². The van der Waals surface area contributed by atoms with Gasteiger partial charge in [-0.05, 0) is 32.8 Å². The minimum atomic E-state index is -0.923. The molecule has 1 saturated heterocycles. The second-order valence-corrected chi connectivity index (χ2v) is 7.27. The van der Waals surface area contributed by atoms with Crippen molar-refractivity contribution < 1.29 is 14.8 Å². The van der Waals surface area contributed by atoms with Crippen LogP contribution in [0.2, 0.25) is 0 Å². The van der Waals surface area contributed by atoms with Crippen LogP contribution < -0.4 is 5.69 Å². The fourth-order valence-electron chi connectivity index (χ4n) is 3.19. The van der Waals surface area contributed by atoms with E-state index >= 15 is 0 Å². The number of hydrogen-bond donors (Lipinski definition) is 1. The van der Waals surface area contributed by atoms with Crippen molar-refractivity contribution in [2.45, 2.75) is 45.4 Å². The number of rotatable bonds is 6. The monoisotopic (exact) mass is 349 g/mol. The topological polar surface area (TPSA) is 99.5 Å². The summed E-state index contributed by atoms with van der Waals surface area (Å²) < 4.78 is 8.58. The molecule has 1 aliphatic rings. The molecular weight excluding hydrogens is 326 g/mol. The molecule has 0 amide bonds. The van der Waals surface area contributed by atoms with Gasteiger partial charge in [-0.2, -0.15) is 0 Å². The number of non-ortho nitro benzene ring substituents is 1. The maximum Gasteiger partial charge on any atom is 0.329 e. The summed E-state index contributed by atoms with van der Waals surface area (Å²) in [5.41, 5.74) is 0.0338.